The predicted octanol–water partition coefficient (Wildman–Crippen LogP) is 2.48. The average molecular weight is 411 g/mol. The Hall–Kier alpha value is -2.28. The molecular weight excluding hydrogens is 389 g/mol. The Morgan fingerprint density at radius 2 is 1.89 bits per heavy atom. The number of ether oxygens (including phenoxy) is 1. The predicted molar refractivity (Wildman–Crippen MR) is 108 cm³/mol. The van der Waals surface area contributed by atoms with Crippen LogP contribution < -0.4 is 20.3 Å². The summed E-state index contributed by atoms with van der Waals surface area (Å²) in [6, 6.07) is 11.5. The van der Waals surface area contributed by atoms with Gasteiger partial charge in [-0.05, 0) is 37.3 Å². The SMILES string of the molecule is COc1cccc(NC(=O)C[NH+](C)[C@H](C)C(=O)Nc2ccc(Cl)cc2Cl)c1. The molecule has 144 valence electrons. The van der Waals surface area contributed by atoms with E-state index < -0.39 is 6.04 Å². The third-order valence-electron chi connectivity index (χ3n) is 4.11. The van der Waals surface area contributed by atoms with Gasteiger partial charge < -0.3 is 20.3 Å². The third-order valence-corrected chi connectivity index (χ3v) is 4.66. The smallest absolute Gasteiger partial charge is 0.282 e. The largest absolute Gasteiger partial charge is 0.497 e. The van der Waals surface area contributed by atoms with Gasteiger partial charge in [0, 0.05) is 16.8 Å². The molecule has 2 rings (SSSR count). The molecule has 0 aromatic heterocycles. The van der Waals surface area contributed by atoms with Crippen LogP contribution in [0.3, 0.4) is 0 Å². The average Bonchev–Trinajstić information content (AvgIpc) is 2.63. The van der Waals surface area contributed by atoms with Crippen LogP contribution in [-0.2, 0) is 9.59 Å². The van der Waals surface area contributed by atoms with Crippen LogP contribution in [0.25, 0.3) is 0 Å². The highest BCUT2D eigenvalue weighted by Crippen LogP contribution is 2.25. The third kappa shape index (κ3) is 6.13. The van der Waals surface area contributed by atoms with Gasteiger partial charge in [0.15, 0.2) is 12.6 Å². The summed E-state index contributed by atoms with van der Waals surface area (Å²) in [5.41, 5.74) is 1.11. The molecule has 0 aliphatic heterocycles. The van der Waals surface area contributed by atoms with Gasteiger partial charge in [-0.2, -0.15) is 0 Å². The Morgan fingerprint density at radius 3 is 2.56 bits per heavy atom. The molecule has 0 radical (unpaired) electrons. The van der Waals surface area contributed by atoms with Crippen LogP contribution in [0.4, 0.5) is 11.4 Å². The van der Waals surface area contributed by atoms with Gasteiger partial charge in [-0.25, -0.2) is 0 Å². The first kappa shape index (κ1) is 21.0. The van der Waals surface area contributed by atoms with E-state index in [0.717, 1.165) is 4.90 Å². The lowest BCUT2D eigenvalue weighted by Gasteiger charge is -2.21. The minimum absolute atomic E-state index is 0.125. The van der Waals surface area contributed by atoms with Crippen LogP contribution in [0, 0.1) is 0 Å². The van der Waals surface area contributed by atoms with Gasteiger partial charge in [-0.1, -0.05) is 29.3 Å². The lowest BCUT2D eigenvalue weighted by atomic mass is 10.2. The van der Waals surface area contributed by atoms with E-state index in [1.807, 2.05) is 0 Å². The Morgan fingerprint density at radius 1 is 1.15 bits per heavy atom. The highest BCUT2D eigenvalue weighted by atomic mass is 35.5. The topological polar surface area (TPSA) is 71.9 Å². The van der Waals surface area contributed by atoms with Crippen molar-refractivity contribution >= 4 is 46.4 Å². The number of hydrogen-bond donors (Lipinski definition) is 3. The van der Waals surface area contributed by atoms with Gasteiger partial charge in [0.25, 0.3) is 11.8 Å². The van der Waals surface area contributed by atoms with Crippen molar-refractivity contribution in [3.63, 3.8) is 0 Å². The van der Waals surface area contributed by atoms with Crippen molar-refractivity contribution in [2.75, 3.05) is 31.3 Å². The maximum Gasteiger partial charge on any atom is 0.282 e. The zero-order valence-electron chi connectivity index (χ0n) is 15.3. The molecule has 0 heterocycles. The van der Waals surface area contributed by atoms with Crippen molar-refractivity contribution in [1.82, 2.24) is 0 Å². The first-order chi connectivity index (χ1) is 12.8. The van der Waals surface area contributed by atoms with E-state index in [9.17, 15) is 9.59 Å². The lowest BCUT2D eigenvalue weighted by molar-refractivity contribution is -0.885. The molecule has 0 aliphatic carbocycles. The van der Waals surface area contributed by atoms with Gasteiger partial charge in [0.05, 0.1) is 24.9 Å². The van der Waals surface area contributed by atoms with E-state index in [0.29, 0.717) is 27.2 Å². The van der Waals surface area contributed by atoms with Crippen LogP contribution in [0.2, 0.25) is 10.0 Å². The number of rotatable bonds is 7. The van der Waals surface area contributed by atoms with E-state index >= 15 is 0 Å². The van der Waals surface area contributed by atoms with Crippen molar-refractivity contribution in [2.45, 2.75) is 13.0 Å². The summed E-state index contributed by atoms with van der Waals surface area (Å²) in [5.74, 6) is 0.205. The molecule has 2 aromatic rings. The maximum absolute atomic E-state index is 12.4. The van der Waals surface area contributed by atoms with E-state index in [4.69, 9.17) is 27.9 Å². The molecular formula is C19H22Cl2N3O3+. The first-order valence-electron chi connectivity index (χ1n) is 8.32. The van der Waals surface area contributed by atoms with Gasteiger partial charge >= 0.3 is 0 Å². The molecule has 0 fully saturated rings. The summed E-state index contributed by atoms with van der Waals surface area (Å²) in [4.78, 5) is 25.4. The molecule has 2 atom stereocenters. The van der Waals surface area contributed by atoms with E-state index in [-0.39, 0.29) is 18.4 Å². The number of methoxy groups -OCH3 is 1. The van der Waals surface area contributed by atoms with Crippen molar-refractivity contribution in [3.8, 4) is 5.75 Å². The number of halogens is 2. The number of benzene rings is 2. The minimum atomic E-state index is -0.465. The molecule has 8 heteroatoms. The number of carbonyl (C=O) groups excluding carboxylic acids is 2. The van der Waals surface area contributed by atoms with E-state index in [1.54, 1.807) is 63.5 Å². The Labute approximate surface area is 168 Å². The normalized spacial score (nSPS) is 12.8. The summed E-state index contributed by atoms with van der Waals surface area (Å²) in [6.45, 7) is 1.87. The highest BCUT2D eigenvalue weighted by molar-refractivity contribution is 6.36. The molecule has 0 bridgehead atoms. The molecule has 2 amide bonds. The zero-order chi connectivity index (χ0) is 20.0. The number of anilines is 2. The Bertz CT molecular complexity index is 830. The molecule has 0 saturated carbocycles. The fourth-order valence-corrected chi connectivity index (χ4v) is 2.82. The second-order valence-electron chi connectivity index (χ2n) is 6.14. The molecule has 3 N–H and O–H groups in total. The minimum Gasteiger partial charge on any atom is -0.497 e. The van der Waals surface area contributed by atoms with Crippen LogP contribution in [0.15, 0.2) is 42.5 Å². The summed E-state index contributed by atoms with van der Waals surface area (Å²) < 4.78 is 5.13. The van der Waals surface area contributed by atoms with Crippen LogP contribution in [0.5, 0.6) is 5.75 Å². The second kappa shape index (κ2) is 9.60. The second-order valence-corrected chi connectivity index (χ2v) is 6.98. The van der Waals surface area contributed by atoms with Crippen molar-refractivity contribution in [1.29, 1.82) is 0 Å². The Balaban J connectivity index is 1.92. The molecule has 2 aromatic carbocycles. The molecule has 6 nitrogen and oxygen atoms in total. The number of likely N-dealkylation sites (N-methyl/N-ethyl adjacent to an activating group) is 1. The summed E-state index contributed by atoms with van der Waals surface area (Å²) in [5, 5.41) is 6.40. The molecule has 0 saturated heterocycles. The molecule has 0 spiro atoms. The van der Waals surface area contributed by atoms with Crippen molar-refractivity contribution in [2.24, 2.45) is 0 Å². The quantitative estimate of drug-likeness (QED) is 0.656. The van der Waals surface area contributed by atoms with E-state index in [2.05, 4.69) is 10.6 Å². The van der Waals surface area contributed by atoms with Gasteiger partial charge in [0.2, 0.25) is 0 Å². The number of hydrogen-bond acceptors (Lipinski definition) is 3. The summed E-state index contributed by atoms with van der Waals surface area (Å²) in [7, 11) is 3.34. The molecule has 1 unspecified atom stereocenters. The number of carbonyl (C=O) groups is 2. The molecule has 27 heavy (non-hydrogen) atoms. The lowest BCUT2D eigenvalue weighted by Crippen LogP contribution is -3.14. The van der Waals surface area contributed by atoms with Gasteiger partial charge in [-0.15, -0.1) is 0 Å². The van der Waals surface area contributed by atoms with Crippen LogP contribution in [-0.4, -0.2) is 38.6 Å². The summed E-state index contributed by atoms with van der Waals surface area (Å²) >= 11 is 11.9. The maximum atomic E-state index is 12.4. The first-order valence-corrected chi connectivity index (χ1v) is 9.08. The Kier molecular flexibility index (Phi) is 7.47. The fraction of sp³-hybridized carbons (Fsp3) is 0.263. The van der Waals surface area contributed by atoms with Crippen molar-refractivity contribution < 1.29 is 19.2 Å². The molecule has 0 aliphatic rings. The summed E-state index contributed by atoms with van der Waals surface area (Å²) in [6.07, 6.45) is 0. The highest BCUT2D eigenvalue weighted by Gasteiger charge is 2.24. The number of amides is 2. The van der Waals surface area contributed by atoms with E-state index in [1.165, 1.54) is 0 Å². The zero-order valence-corrected chi connectivity index (χ0v) is 16.8. The standard InChI is InChI=1S/C19H21Cl2N3O3/c1-12(19(26)23-17-8-7-13(20)9-16(17)21)24(2)11-18(25)22-14-5-4-6-15(10-14)27-3/h4-10,12H,11H2,1-3H3,(H,22,25)(H,23,26)/p+1/t12-/m1/s1. The van der Waals surface area contributed by atoms with Crippen LogP contribution >= 0.6 is 23.2 Å². The van der Waals surface area contributed by atoms with Gasteiger partial charge in [0.1, 0.15) is 5.75 Å². The van der Waals surface area contributed by atoms with Gasteiger partial charge in [-0.3, -0.25) is 9.59 Å². The van der Waals surface area contributed by atoms with Crippen molar-refractivity contribution in [3.05, 3.63) is 52.5 Å². The number of quaternary nitrogens is 1. The fourth-order valence-electron chi connectivity index (χ4n) is 2.37. The number of nitrogens with one attached hydrogen (secondary N) is 3. The van der Waals surface area contributed by atoms with Crippen LogP contribution in [0.1, 0.15) is 6.92 Å². The monoisotopic (exact) mass is 410 g/mol.